The minimum absolute atomic E-state index is 0.0284. The second-order valence-corrected chi connectivity index (χ2v) is 7.92. The van der Waals surface area contributed by atoms with E-state index in [4.69, 9.17) is 4.74 Å². The Morgan fingerprint density at radius 2 is 1.75 bits per heavy atom. The van der Waals surface area contributed by atoms with E-state index in [1.54, 1.807) is 24.3 Å². The highest BCUT2D eigenvalue weighted by atomic mass is 32.1. The number of carbonyl (C=O) groups excluding carboxylic acids is 2. The van der Waals surface area contributed by atoms with Crippen LogP contribution in [0.1, 0.15) is 15.9 Å². The average molecular weight is 456 g/mol. The summed E-state index contributed by atoms with van der Waals surface area (Å²) in [5, 5.41) is 2.26. The number of aromatic nitrogens is 1. The molecule has 3 aromatic carbocycles. The van der Waals surface area contributed by atoms with Crippen molar-refractivity contribution in [1.82, 2.24) is 4.98 Å². The zero-order valence-electron chi connectivity index (χ0n) is 16.6. The molecule has 0 atom stereocenters. The molecule has 32 heavy (non-hydrogen) atoms. The van der Waals surface area contributed by atoms with Crippen LogP contribution in [-0.2, 0) is 9.53 Å². The number of hydrogen-bond donors (Lipinski definition) is 1. The van der Waals surface area contributed by atoms with Gasteiger partial charge < -0.3 is 4.74 Å². The van der Waals surface area contributed by atoms with Gasteiger partial charge in [0.25, 0.3) is 5.91 Å². The van der Waals surface area contributed by atoms with Gasteiger partial charge in [-0.25, -0.2) is 22.9 Å². The molecule has 5 nitrogen and oxygen atoms in total. The molecule has 0 saturated carbocycles. The van der Waals surface area contributed by atoms with Crippen molar-refractivity contribution in [3.8, 4) is 11.1 Å². The lowest BCUT2D eigenvalue weighted by atomic mass is 9.99. The number of hydrogen-bond acceptors (Lipinski definition) is 5. The van der Waals surface area contributed by atoms with Gasteiger partial charge in [0.05, 0.1) is 10.3 Å². The number of benzene rings is 3. The van der Waals surface area contributed by atoms with Crippen LogP contribution in [0, 0.1) is 24.4 Å². The second-order valence-electron chi connectivity index (χ2n) is 6.89. The maximum Gasteiger partial charge on any atom is 0.339 e. The number of fused-ring (bicyclic) bond motifs is 1. The SMILES string of the molecule is Cc1ccc(-c2ccccc2C(=O)OCC(=O)Nc2nc3c(F)c(F)c(F)cc3s2)cc1. The third-order valence-corrected chi connectivity index (χ3v) is 5.53. The predicted octanol–water partition coefficient (Wildman–Crippen LogP) is 5.48. The Morgan fingerprint density at radius 3 is 2.50 bits per heavy atom. The highest BCUT2D eigenvalue weighted by Crippen LogP contribution is 2.30. The molecule has 0 bridgehead atoms. The van der Waals surface area contributed by atoms with Gasteiger partial charge in [-0.3, -0.25) is 10.1 Å². The van der Waals surface area contributed by atoms with E-state index in [0.717, 1.165) is 28.5 Å². The van der Waals surface area contributed by atoms with E-state index < -0.39 is 41.5 Å². The third kappa shape index (κ3) is 4.33. The van der Waals surface area contributed by atoms with Crippen molar-refractivity contribution in [1.29, 1.82) is 0 Å². The zero-order chi connectivity index (χ0) is 22.8. The molecule has 0 spiro atoms. The Hall–Kier alpha value is -3.72. The van der Waals surface area contributed by atoms with Gasteiger partial charge in [0.15, 0.2) is 29.2 Å². The van der Waals surface area contributed by atoms with Crippen molar-refractivity contribution in [2.75, 3.05) is 11.9 Å². The lowest BCUT2D eigenvalue weighted by molar-refractivity contribution is -0.119. The highest BCUT2D eigenvalue weighted by molar-refractivity contribution is 7.22. The van der Waals surface area contributed by atoms with Gasteiger partial charge in [-0.1, -0.05) is 59.4 Å². The first-order chi connectivity index (χ1) is 15.3. The molecule has 9 heteroatoms. The summed E-state index contributed by atoms with van der Waals surface area (Å²) >= 11 is 0.764. The van der Waals surface area contributed by atoms with E-state index in [-0.39, 0.29) is 15.4 Å². The van der Waals surface area contributed by atoms with Gasteiger partial charge in [0.1, 0.15) is 5.52 Å². The van der Waals surface area contributed by atoms with Crippen LogP contribution >= 0.6 is 11.3 Å². The molecule has 0 aliphatic carbocycles. The van der Waals surface area contributed by atoms with E-state index in [9.17, 15) is 22.8 Å². The fourth-order valence-corrected chi connectivity index (χ4v) is 3.94. The number of amides is 1. The number of aryl methyl sites for hydroxylation is 1. The van der Waals surface area contributed by atoms with E-state index in [0.29, 0.717) is 5.56 Å². The molecule has 0 aliphatic rings. The first-order valence-corrected chi connectivity index (χ1v) is 10.2. The van der Waals surface area contributed by atoms with Crippen LogP contribution in [0.15, 0.2) is 54.6 Å². The number of halogens is 3. The first-order valence-electron chi connectivity index (χ1n) is 9.40. The molecule has 1 aromatic heterocycles. The minimum atomic E-state index is -1.64. The van der Waals surface area contributed by atoms with Crippen molar-refractivity contribution in [2.45, 2.75) is 6.92 Å². The molecular weight excluding hydrogens is 441 g/mol. The van der Waals surface area contributed by atoms with E-state index in [1.807, 2.05) is 31.2 Å². The first kappa shape index (κ1) is 21.5. The van der Waals surface area contributed by atoms with E-state index in [1.165, 1.54) is 0 Å². The molecule has 4 rings (SSSR count). The van der Waals surface area contributed by atoms with Crippen molar-refractivity contribution >= 4 is 38.6 Å². The summed E-state index contributed by atoms with van der Waals surface area (Å²) in [6, 6.07) is 15.2. The number of rotatable bonds is 5. The molecule has 0 aliphatic heterocycles. The standard InChI is InChI=1S/C23H15F3N2O3S/c1-12-6-8-13(9-7-12)14-4-2-3-5-15(14)22(30)31-11-18(29)27-23-28-21-17(32-23)10-16(24)19(25)20(21)26/h2-10H,11H2,1H3,(H,27,28,29). The van der Waals surface area contributed by atoms with Crippen LogP contribution in [0.4, 0.5) is 18.3 Å². The van der Waals surface area contributed by atoms with Gasteiger partial charge in [0.2, 0.25) is 0 Å². The van der Waals surface area contributed by atoms with Gasteiger partial charge in [0, 0.05) is 0 Å². The van der Waals surface area contributed by atoms with Gasteiger partial charge >= 0.3 is 5.97 Å². The highest BCUT2D eigenvalue weighted by Gasteiger charge is 2.19. The topological polar surface area (TPSA) is 68.3 Å². The Kier molecular flexibility index (Phi) is 5.91. The normalized spacial score (nSPS) is 10.9. The maximum absolute atomic E-state index is 13.8. The molecule has 1 N–H and O–H groups in total. The molecule has 1 heterocycles. The van der Waals surface area contributed by atoms with Crippen molar-refractivity contribution in [2.24, 2.45) is 0 Å². The van der Waals surface area contributed by atoms with Gasteiger partial charge in [-0.05, 0) is 30.2 Å². The van der Waals surface area contributed by atoms with E-state index >= 15 is 0 Å². The Morgan fingerprint density at radius 1 is 1.03 bits per heavy atom. The summed E-state index contributed by atoms with van der Waals surface area (Å²) < 4.78 is 45.6. The second kappa shape index (κ2) is 8.80. The molecule has 162 valence electrons. The van der Waals surface area contributed by atoms with Gasteiger partial charge in [-0.15, -0.1) is 0 Å². The van der Waals surface area contributed by atoms with Crippen LogP contribution < -0.4 is 5.32 Å². The van der Waals surface area contributed by atoms with Crippen LogP contribution in [-0.4, -0.2) is 23.5 Å². The Balaban J connectivity index is 1.45. The quantitative estimate of drug-likeness (QED) is 0.319. The number of carbonyl (C=O) groups is 2. The molecule has 0 fully saturated rings. The summed E-state index contributed by atoms with van der Waals surface area (Å²) in [6.45, 7) is 1.33. The lowest BCUT2D eigenvalue weighted by Gasteiger charge is -2.10. The molecule has 4 aromatic rings. The number of nitrogens with one attached hydrogen (secondary N) is 1. The van der Waals surface area contributed by atoms with Crippen LogP contribution in [0.25, 0.3) is 21.3 Å². The zero-order valence-corrected chi connectivity index (χ0v) is 17.4. The van der Waals surface area contributed by atoms with Crippen LogP contribution in [0.3, 0.4) is 0 Å². The monoisotopic (exact) mass is 456 g/mol. The molecule has 1 amide bonds. The van der Waals surface area contributed by atoms with Crippen LogP contribution in [0.2, 0.25) is 0 Å². The van der Waals surface area contributed by atoms with Crippen molar-refractivity contribution in [3.63, 3.8) is 0 Å². The van der Waals surface area contributed by atoms with Crippen molar-refractivity contribution in [3.05, 3.63) is 83.2 Å². The van der Waals surface area contributed by atoms with E-state index in [2.05, 4.69) is 10.3 Å². The minimum Gasteiger partial charge on any atom is -0.452 e. The van der Waals surface area contributed by atoms with Crippen molar-refractivity contribution < 1.29 is 27.5 Å². The third-order valence-electron chi connectivity index (χ3n) is 4.61. The lowest BCUT2D eigenvalue weighted by Crippen LogP contribution is -2.21. The Labute approximate surface area is 184 Å². The number of thiazole rings is 1. The average Bonchev–Trinajstić information content (AvgIpc) is 3.18. The number of nitrogens with zero attached hydrogens (tertiary/aromatic N) is 1. The molecule has 0 unspecified atom stereocenters. The summed E-state index contributed by atoms with van der Waals surface area (Å²) in [4.78, 5) is 28.5. The molecule has 0 radical (unpaired) electrons. The Bertz CT molecular complexity index is 1340. The number of anilines is 1. The maximum atomic E-state index is 13.8. The molecule has 0 saturated heterocycles. The smallest absolute Gasteiger partial charge is 0.339 e. The predicted molar refractivity (Wildman–Crippen MR) is 115 cm³/mol. The molecular formula is C23H15F3N2O3S. The fraction of sp³-hybridized carbons (Fsp3) is 0.0870. The fourth-order valence-electron chi connectivity index (χ4n) is 3.04. The number of esters is 1. The van der Waals surface area contributed by atoms with Crippen LogP contribution in [0.5, 0.6) is 0 Å². The summed E-state index contributed by atoms with van der Waals surface area (Å²) in [7, 11) is 0. The number of ether oxygens (including phenoxy) is 1. The summed E-state index contributed by atoms with van der Waals surface area (Å²) in [6.07, 6.45) is 0. The van der Waals surface area contributed by atoms with Gasteiger partial charge in [-0.2, -0.15) is 0 Å². The summed E-state index contributed by atoms with van der Waals surface area (Å²) in [5.41, 5.74) is 2.45. The largest absolute Gasteiger partial charge is 0.452 e. The summed E-state index contributed by atoms with van der Waals surface area (Å²) in [5.74, 6) is -5.85.